The second-order valence-corrected chi connectivity index (χ2v) is 8.67. The Hall–Kier alpha value is -2.12. The van der Waals surface area contributed by atoms with Crippen molar-refractivity contribution in [2.75, 3.05) is 5.75 Å². The molecule has 1 saturated carbocycles. The fraction of sp³-hybridized carbons (Fsp3) is 0.350. The zero-order valence-electron chi connectivity index (χ0n) is 15.4. The maximum absolute atomic E-state index is 12.8. The van der Waals surface area contributed by atoms with Gasteiger partial charge in [-0.15, -0.1) is 17.9 Å². The van der Waals surface area contributed by atoms with E-state index >= 15 is 0 Å². The number of thioether (sulfide) groups is 1. The van der Waals surface area contributed by atoms with Crippen molar-refractivity contribution >= 4 is 39.1 Å². The highest BCUT2D eigenvalue weighted by molar-refractivity contribution is 7.99. The normalized spacial score (nSPS) is 14.0. The number of aromatic nitrogens is 3. The second-order valence-electron chi connectivity index (χ2n) is 6.84. The molecule has 140 valence electrons. The van der Waals surface area contributed by atoms with Crippen LogP contribution in [0.25, 0.3) is 10.2 Å². The van der Waals surface area contributed by atoms with E-state index in [1.807, 2.05) is 18.4 Å². The maximum Gasteiger partial charge on any atom is 0.263 e. The van der Waals surface area contributed by atoms with Crippen LogP contribution in [0.2, 0.25) is 0 Å². The van der Waals surface area contributed by atoms with E-state index in [0.29, 0.717) is 28.0 Å². The van der Waals surface area contributed by atoms with Gasteiger partial charge < -0.3 is 4.57 Å². The molecule has 0 unspecified atom stereocenters. The zero-order chi connectivity index (χ0) is 19.1. The predicted molar refractivity (Wildman–Crippen MR) is 111 cm³/mol. The molecule has 3 aromatic heterocycles. The lowest BCUT2D eigenvalue weighted by Crippen LogP contribution is -2.22. The standard InChI is InChI=1S/C20H21N3O2S2/c1-4-8-22-19(25)15-7-9-26-18(15)21-20(22)27-11-17(24)16-10-12(2)23(13(16)3)14-5-6-14/h4,7,9-10,14H,1,5-6,8,11H2,2-3H3. The van der Waals surface area contributed by atoms with Crippen LogP contribution in [0.4, 0.5) is 0 Å². The molecule has 0 aliphatic heterocycles. The van der Waals surface area contributed by atoms with Gasteiger partial charge in [0.2, 0.25) is 0 Å². The van der Waals surface area contributed by atoms with E-state index in [9.17, 15) is 9.59 Å². The number of carbonyl (C=O) groups is 1. The molecule has 0 aromatic carbocycles. The van der Waals surface area contributed by atoms with Crippen LogP contribution in [-0.4, -0.2) is 25.7 Å². The molecule has 27 heavy (non-hydrogen) atoms. The fourth-order valence-electron chi connectivity index (χ4n) is 3.49. The number of Topliss-reactive ketones (excluding diaryl/α,β-unsaturated/α-hetero) is 1. The Morgan fingerprint density at radius 3 is 2.93 bits per heavy atom. The van der Waals surface area contributed by atoms with E-state index < -0.39 is 0 Å². The highest BCUT2D eigenvalue weighted by atomic mass is 32.2. The molecule has 3 aromatic rings. The van der Waals surface area contributed by atoms with Crippen LogP contribution in [0.5, 0.6) is 0 Å². The SMILES string of the molecule is C=CCn1c(SCC(=O)c2cc(C)n(C3CC3)c2C)nc2sccc2c1=O. The Bertz CT molecular complexity index is 1100. The van der Waals surface area contributed by atoms with Crippen molar-refractivity contribution in [2.24, 2.45) is 0 Å². The number of hydrogen-bond acceptors (Lipinski definition) is 5. The lowest BCUT2D eigenvalue weighted by atomic mass is 10.2. The molecule has 7 heteroatoms. The minimum atomic E-state index is -0.0805. The molecule has 0 saturated heterocycles. The number of hydrogen-bond donors (Lipinski definition) is 0. The van der Waals surface area contributed by atoms with Crippen LogP contribution < -0.4 is 5.56 Å². The lowest BCUT2D eigenvalue weighted by molar-refractivity contribution is 0.102. The van der Waals surface area contributed by atoms with E-state index in [1.165, 1.54) is 35.9 Å². The van der Waals surface area contributed by atoms with Crippen molar-refractivity contribution in [1.82, 2.24) is 14.1 Å². The summed E-state index contributed by atoms with van der Waals surface area (Å²) in [6.07, 6.45) is 4.06. The molecule has 5 nitrogen and oxygen atoms in total. The molecule has 0 atom stereocenters. The third-order valence-electron chi connectivity index (χ3n) is 4.89. The number of ketones is 1. The molecule has 1 aliphatic carbocycles. The molecule has 0 bridgehead atoms. The first-order valence-electron chi connectivity index (χ1n) is 8.94. The summed E-state index contributed by atoms with van der Waals surface area (Å²) in [5.74, 6) is 0.334. The average Bonchev–Trinajstić information content (AvgIpc) is 3.27. The summed E-state index contributed by atoms with van der Waals surface area (Å²) in [7, 11) is 0. The summed E-state index contributed by atoms with van der Waals surface area (Å²) in [6, 6.07) is 4.34. The Balaban J connectivity index is 1.61. The average molecular weight is 400 g/mol. The van der Waals surface area contributed by atoms with Crippen molar-refractivity contribution in [2.45, 2.75) is 44.4 Å². The lowest BCUT2D eigenvalue weighted by Gasteiger charge is -2.10. The van der Waals surface area contributed by atoms with Crippen LogP contribution in [0.1, 0.15) is 40.6 Å². The number of nitrogens with zero attached hydrogens (tertiary/aromatic N) is 3. The molecule has 0 amide bonds. The highest BCUT2D eigenvalue weighted by Crippen LogP contribution is 2.38. The monoisotopic (exact) mass is 399 g/mol. The van der Waals surface area contributed by atoms with Crippen LogP contribution in [0.3, 0.4) is 0 Å². The van der Waals surface area contributed by atoms with Crippen molar-refractivity contribution in [1.29, 1.82) is 0 Å². The van der Waals surface area contributed by atoms with Crippen molar-refractivity contribution in [3.8, 4) is 0 Å². The van der Waals surface area contributed by atoms with Gasteiger partial charge in [-0.25, -0.2) is 4.98 Å². The molecule has 3 heterocycles. The number of allylic oxidation sites excluding steroid dienone is 1. The van der Waals surface area contributed by atoms with E-state index in [4.69, 9.17) is 0 Å². The summed E-state index contributed by atoms with van der Waals surface area (Å²) in [4.78, 5) is 30.8. The van der Waals surface area contributed by atoms with Gasteiger partial charge >= 0.3 is 0 Å². The van der Waals surface area contributed by atoms with Gasteiger partial charge in [-0.2, -0.15) is 0 Å². The Morgan fingerprint density at radius 2 is 2.22 bits per heavy atom. The molecule has 0 N–H and O–H groups in total. The topological polar surface area (TPSA) is 56.9 Å². The summed E-state index contributed by atoms with van der Waals surface area (Å²) in [6.45, 7) is 8.19. The predicted octanol–water partition coefficient (Wildman–Crippen LogP) is 4.37. The van der Waals surface area contributed by atoms with Gasteiger partial charge in [-0.3, -0.25) is 14.2 Å². The number of carbonyl (C=O) groups excluding carboxylic acids is 1. The van der Waals surface area contributed by atoms with Crippen LogP contribution in [0, 0.1) is 13.8 Å². The third-order valence-corrected chi connectivity index (χ3v) is 6.67. The Morgan fingerprint density at radius 1 is 1.44 bits per heavy atom. The molecule has 1 aliphatic rings. The number of fused-ring (bicyclic) bond motifs is 1. The largest absolute Gasteiger partial charge is 0.345 e. The second kappa shape index (κ2) is 7.13. The van der Waals surface area contributed by atoms with Crippen LogP contribution >= 0.6 is 23.1 Å². The fourth-order valence-corrected chi connectivity index (χ4v) is 5.19. The summed E-state index contributed by atoms with van der Waals surface area (Å²) in [5.41, 5.74) is 2.89. The minimum Gasteiger partial charge on any atom is -0.345 e. The summed E-state index contributed by atoms with van der Waals surface area (Å²) >= 11 is 2.76. The first kappa shape index (κ1) is 18.3. The summed E-state index contributed by atoms with van der Waals surface area (Å²) in [5, 5.41) is 3.05. The van der Waals surface area contributed by atoms with Crippen molar-refractivity contribution in [3.05, 3.63) is 57.5 Å². The van der Waals surface area contributed by atoms with Crippen molar-refractivity contribution in [3.63, 3.8) is 0 Å². The minimum absolute atomic E-state index is 0.0747. The number of thiophene rings is 1. The molecule has 4 rings (SSSR count). The Kier molecular flexibility index (Phi) is 4.82. The summed E-state index contributed by atoms with van der Waals surface area (Å²) < 4.78 is 3.87. The van der Waals surface area contributed by atoms with Gasteiger partial charge in [0.25, 0.3) is 5.56 Å². The van der Waals surface area contributed by atoms with Gasteiger partial charge in [-0.05, 0) is 44.2 Å². The van der Waals surface area contributed by atoms with Gasteiger partial charge in [0.15, 0.2) is 10.9 Å². The first-order valence-corrected chi connectivity index (χ1v) is 10.8. The first-order chi connectivity index (χ1) is 13.0. The van der Waals surface area contributed by atoms with Gasteiger partial charge in [0.1, 0.15) is 4.83 Å². The van der Waals surface area contributed by atoms with E-state index in [2.05, 4.69) is 23.1 Å². The van der Waals surface area contributed by atoms with Gasteiger partial charge in [0.05, 0.1) is 11.1 Å². The molecule has 0 radical (unpaired) electrons. The van der Waals surface area contributed by atoms with Crippen LogP contribution in [-0.2, 0) is 6.54 Å². The van der Waals surface area contributed by atoms with Crippen molar-refractivity contribution < 1.29 is 4.79 Å². The Labute approximate surface area is 165 Å². The van der Waals surface area contributed by atoms with Gasteiger partial charge in [-0.1, -0.05) is 17.8 Å². The quantitative estimate of drug-likeness (QED) is 0.256. The molecule has 0 spiro atoms. The maximum atomic E-state index is 12.8. The third kappa shape index (κ3) is 3.30. The smallest absolute Gasteiger partial charge is 0.263 e. The van der Waals surface area contributed by atoms with E-state index in [0.717, 1.165) is 17.0 Å². The highest BCUT2D eigenvalue weighted by Gasteiger charge is 2.28. The van der Waals surface area contributed by atoms with Crippen LogP contribution in [0.15, 0.2) is 40.1 Å². The molecular weight excluding hydrogens is 378 g/mol. The van der Waals surface area contributed by atoms with E-state index in [-0.39, 0.29) is 17.1 Å². The number of aryl methyl sites for hydroxylation is 1. The number of rotatable bonds is 7. The van der Waals surface area contributed by atoms with E-state index in [1.54, 1.807) is 16.7 Å². The molecule has 1 fully saturated rings. The molecular formula is C20H21N3O2S2. The van der Waals surface area contributed by atoms with Gasteiger partial charge in [0, 0.05) is 29.5 Å². The zero-order valence-corrected chi connectivity index (χ0v) is 17.0.